The average molecular weight is 456 g/mol. The van der Waals surface area contributed by atoms with Crippen LogP contribution in [-0.4, -0.2) is 55.1 Å². The Bertz CT molecular complexity index is 928. The van der Waals surface area contributed by atoms with Crippen LogP contribution in [0.25, 0.3) is 10.9 Å². The fourth-order valence-corrected chi connectivity index (χ4v) is 4.16. The normalized spacial score (nSPS) is 12.7. The topological polar surface area (TPSA) is 28.6 Å². The fourth-order valence-electron chi connectivity index (χ4n) is 3.78. The smallest absolute Gasteiger partial charge is 0.218 e. The van der Waals surface area contributed by atoms with E-state index in [0.29, 0.717) is 5.88 Å². The van der Waals surface area contributed by atoms with Crippen LogP contribution in [0.1, 0.15) is 31.0 Å². The summed E-state index contributed by atoms with van der Waals surface area (Å²) in [5, 5.41) is 1.10. The van der Waals surface area contributed by atoms with Crippen LogP contribution in [0.4, 0.5) is 0 Å². The van der Waals surface area contributed by atoms with E-state index < -0.39 is 0 Å². The number of hydrogen-bond acceptors (Lipinski definition) is 4. The Kier molecular flexibility index (Phi) is 7.64. The number of halogens is 1. The highest BCUT2D eigenvalue weighted by molar-refractivity contribution is 9.10. The van der Waals surface area contributed by atoms with Gasteiger partial charge in [-0.15, -0.1) is 0 Å². The van der Waals surface area contributed by atoms with Crippen molar-refractivity contribution >= 4 is 26.8 Å². The maximum atomic E-state index is 5.74. The van der Waals surface area contributed by atoms with Crippen molar-refractivity contribution in [2.24, 2.45) is 0 Å². The second-order valence-corrected chi connectivity index (χ2v) is 8.16. The van der Waals surface area contributed by atoms with Crippen molar-refractivity contribution in [1.82, 2.24) is 14.8 Å². The van der Waals surface area contributed by atoms with Crippen molar-refractivity contribution in [2.75, 3.05) is 40.3 Å². The summed E-state index contributed by atoms with van der Waals surface area (Å²) in [5.41, 5.74) is 3.27. The summed E-state index contributed by atoms with van der Waals surface area (Å²) in [6.45, 7) is 8.55. The Labute approximate surface area is 182 Å². The fraction of sp³-hybridized carbons (Fsp3) is 0.375. The van der Waals surface area contributed by atoms with Crippen molar-refractivity contribution in [3.8, 4) is 5.88 Å². The van der Waals surface area contributed by atoms with Crippen molar-refractivity contribution < 1.29 is 4.74 Å². The standard InChI is InChI=1S/C24H30BrN3O/c1-5-28(6-2)15-14-27(3)23(18-10-8-7-9-11-18)21-17-19-16-20(25)12-13-22(19)26-24(21)29-4/h7-13,16-17,23H,5-6,14-15H2,1-4H3. The summed E-state index contributed by atoms with van der Waals surface area (Å²) in [5.74, 6) is 0.684. The Morgan fingerprint density at radius 3 is 2.38 bits per heavy atom. The largest absolute Gasteiger partial charge is 0.481 e. The van der Waals surface area contributed by atoms with Crippen LogP contribution in [0.5, 0.6) is 5.88 Å². The highest BCUT2D eigenvalue weighted by Crippen LogP contribution is 2.35. The van der Waals surface area contributed by atoms with Gasteiger partial charge in [-0.1, -0.05) is 60.1 Å². The number of hydrogen-bond donors (Lipinski definition) is 0. The molecule has 1 aromatic heterocycles. The number of nitrogens with zero attached hydrogens (tertiary/aromatic N) is 3. The monoisotopic (exact) mass is 455 g/mol. The SMILES string of the molecule is CCN(CC)CCN(C)C(c1ccccc1)c1cc2cc(Br)ccc2nc1OC. The molecule has 0 amide bonds. The molecule has 1 heterocycles. The van der Waals surface area contributed by atoms with E-state index >= 15 is 0 Å². The van der Waals surface area contributed by atoms with Gasteiger partial charge >= 0.3 is 0 Å². The number of methoxy groups -OCH3 is 1. The first-order chi connectivity index (χ1) is 14.1. The minimum Gasteiger partial charge on any atom is -0.481 e. The van der Waals surface area contributed by atoms with Crippen LogP contribution in [0.2, 0.25) is 0 Å². The molecule has 4 nitrogen and oxygen atoms in total. The third kappa shape index (κ3) is 5.16. The highest BCUT2D eigenvalue weighted by atomic mass is 79.9. The van der Waals surface area contributed by atoms with Crippen LogP contribution >= 0.6 is 15.9 Å². The van der Waals surface area contributed by atoms with Crippen molar-refractivity contribution in [3.05, 3.63) is 70.2 Å². The molecule has 2 aromatic carbocycles. The van der Waals surface area contributed by atoms with Gasteiger partial charge in [0.15, 0.2) is 0 Å². The molecule has 3 aromatic rings. The molecule has 154 valence electrons. The molecule has 5 heteroatoms. The maximum absolute atomic E-state index is 5.74. The lowest BCUT2D eigenvalue weighted by Crippen LogP contribution is -2.35. The van der Waals surface area contributed by atoms with E-state index in [9.17, 15) is 0 Å². The predicted molar refractivity (Wildman–Crippen MR) is 125 cm³/mol. The molecule has 0 aliphatic rings. The molecular formula is C24H30BrN3O. The van der Waals surface area contributed by atoms with E-state index in [2.05, 4.69) is 89.1 Å². The molecule has 0 fully saturated rings. The number of benzene rings is 2. The first-order valence-corrected chi connectivity index (χ1v) is 11.0. The van der Waals surface area contributed by atoms with Gasteiger partial charge in [-0.25, -0.2) is 4.98 Å². The molecule has 0 radical (unpaired) electrons. The van der Waals surface area contributed by atoms with Crippen molar-refractivity contribution in [3.63, 3.8) is 0 Å². The van der Waals surface area contributed by atoms with Crippen LogP contribution in [0.15, 0.2) is 59.1 Å². The van der Waals surface area contributed by atoms with Gasteiger partial charge in [-0.05, 0) is 50.0 Å². The molecule has 0 aliphatic heterocycles. The molecule has 3 rings (SSSR count). The zero-order chi connectivity index (χ0) is 20.8. The van der Waals surface area contributed by atoms with Crippen molar-refractivity contribution in [2.45, 2.75) is 19.9 Å². The second-order valence-electron chi connectivity index (χ2n) is 7.24. The number of pyridine rings is 1. The summed E-state index contributed by atoms with van der Waals surface area (Å²) in [7, 11) is 3.89. The van der Waals surface area contributed by atoms with Gasteiger partial charge < -0.3 is 9.64 Å². The molecule has 1 atom stereocenters. The van der Waals surface area contributed by atoms with Gasteiger partial charge in [0.05, 0.1) is 18.7 Å². The number of aromatic nitrogens is 1. The minimum atomic E-state index is 0.0672. The molecule has 1 unspecified atom stereocenters. The number of rotatable bonds is 9. The summed E-state index contributed by atoms with van der Waals surface area (Å²) in [4.78, 5) is 9.66. The van der Waals surface area contributed by atoms with Crippen LogP contribution in [0, 0.1) is 0 Å². The average Bonchev–Trinajstić information content (AvgIpc) is 2.75. The first kappa shape index (κ1) is 21.8. The molecule has 0 aliphatic carbocycles. The van der Waals surface area contributed by atoms with E-state index in [4.69, 9.17) is 9.72 Å². The lowest BCUT2D eigenvalue weighted by atomic mass is 9.96. The Balaban J connectivity index is 2.06. The molecule has 0 spiro atoms. The Hall–Kier alpha value is -1.95. The molecule has 0 N–H and O–H groups in total. The van der Waals surface area contributed by atoms with Gasteiger partial charge in [-0.3, -0.25) is 4.90 Å². The second kappa shape index (κ2) is 10.2. The van der Waals surface area contributed by atoms with Gasteiger partial charge in [0.25, 0.3) is 0 Å². The van der Waals surface area contributed by atoms with Gasteiger partial charge in [0.1, 0.15) is 0 Å². The zero-order valence-electron chi connectivity index (χ0n) is 17.7. The minimum absolute atomic E-state index is 0.0672. The summed E-state index contributed by atoms with van der Waals surface area (Å²) >= 11 is 3.59. The predicted octanol–water partition coefficient (Wildman–Crippen LogP) is 5.37. The van der Waals surface area contributed by atoms with E-state index in [1.54, 1.807) is 7.11 Å². The number of ether oxygens (including phenoxy) is 1. The zero-order valence-corrected chi connectivity index (χ0v) is 19.3. The van der Waals surface area contributed by atoms with Crippen LogP contribution < -0.4 is 4.74 Å². The summed E-state index contributed by atoms with van der Waals surface area (Å²) in [6.07, 6.45) is 0. The lowest BCUT2D eigenvalue weighted by Gasteiger charge is -2.31. The molecule has 0 saturated heterocycles. The molecule has 0 bridgehead atoms. The van der Waals surface area contributed by atoms with Crippen molar-refractivity contribution in [1.29, 1.82) is 0 Å². The van der Waals surface area contributed by atoms with Gasteiger partial charge in [0.2, 0.25) is 5.88 Å². The molecule has 0 saturated carbocycles. The first-order valence-electron chi connectivity index (χ1n) is 10.2. The van der Waals surface area contributed by atoms with Gasteiger partial charge in [0, 0.05) is 28.5 Å². The van der Waals surface area contributed by atoms with E-state index in [0.717, 1.165) is 47.1 Å². The Morgan fingerprint density at radius 1 is 1.00 bits per heavy atom. The van der Waals surface area contributed by atoms with E-state index in [-0.39, 0.29) is 6.04 Å². The quantitative estimate of drug-likeness (QED) is 0.433. The maximum Gasteiger partial charge on any atom is 0.218 e. The van der Waals surface area contributed by atoms with E-state index in [1.165, 1.54) is 5.56 Å². The lowest BCUT2D eigenvalue weighted by molar-refractivity contribution is 0.213. The van der Waals surface area contributed by atoms with Crippen LogP contribution in [0.3, 0.4) is 0 Å². The molecular weight excluding hydrogens is 426 g/mol. The highest BCUT2D eigenvalue weighted by Gasteiger charge is 2.24. The van der Waals surface area contributed by atoms with Gasteiger partial charge in [-0.2, -0.15) is 0 Å². The summed E-state index contributed by atoms with van der Waals surface area (Å²) < 4.78 is 6.79. The number of likely N-dealkylation sites (N-methyl/N-ethyl adjacent to an activating group) is 2. The van der Waals surface area contributed by atoms with Crippen LogP contribution in [-0.2, 0) is 0 Å². The third-order valence-corrected chi connectivity index (χ3v) is 5.97. The summed E-state index contributed by atoms with van der Waals surface area (Å²) in [6, 6.07) is 19.1. The third-order valence-electron chi connectivity index (χ3n) is 5.48. The Morgan fingerprint density at radius 2 is 1.72 bits per heavy atom. The molecule has 29 heavy (non-hydrogen) atoms. The number of fused-ring (bicyclic) bond motifs is 1. The van der Waals surface area contributed by atoms with E-state index in [1.807, 2.05) is 12.1 Å².